The normalized spacial score (nSPS) is 26.7. The van der Waals surface area contributed by atoms with Crippen LogP contribution in [-0.4, -0.2) is 11.3 Å². The maximum Gasteiger partial charge on any atom is 0.123 e. The fraction of sp³-hybridized carbons (Fsp3) is 0.647. The minimum absolute atomic E-state index is 0.112. The molecule has 2 aliphatic rings. The molecule has 0 spiro atoms. The second-order valence-electron chi connectivity index (χ2n) is 6.42. The molecule has 0 heterocycles. The molecule has 0 aliphatic heterocycles. The van der Waals surface area contributed by atoms with Gasteiger partial charge in [-0.3, -0.25) is 0 Å². The molecule has 0 aromatic heterocycles. The molecule has 3 rings (SSSR count). The zero-order valence-corrected chi connectivity index (χ0v) is 13.0. The van der Waals surface area contributed by atoms with E-state index in [0.29, 0.717) is 11.3 Å². The molecule has 1 aromatic rings. The monoisotopic (exact) mass is 293 g/mol. The Hall–Kier alpha value is -0.540. The number of benzene rings is 1. The molecular weight excluding hydrogens is 269 g/mol. The number of rotatable bonds is 5. The van der Waals surface area contributed by atoms with E-state index in [0.717, 1.165) is 18.0 Å². The van der Waals surface area contributed by atoms with Gasteiger partial charge in [-0.15, -0.1) is 11.8 Å². The van der Waals surface area contributed by atoms with Gasteiger partial charge in [0, 0.05) is 22.7 Å². The van der Waals surface area contributed by atoms with Crippen LogP contribution >= 0.6 is 11.8 Å². The Bertz CT molecular complexity index is 458. The average molecular weight is 293 g/mol. The van der Waals surface area contributed by atoms with Crippen molar-refractivity contribution in [1.82, 2.24) is 5.32 Å². The smallest absolute Gasteiger partial charge is 0.123 e. The lowest BCUT2D eigenvalue weighted by Gasteiger charge is -2.27. The van der Waals surface area contributed by atoms with Gasteiger partial charge in [0.25, 0.3) is 0 Å². The number of hydrogen-bond donors (Lipinski definition) is 1. The molecule has 2 unspecified atom stereocenters. The zero-order chi connectivity index (χ0) is 13.9. The van der Waals surface area contributed by atoms with Gasteiger partial charge in [0.2, 0.25) is 0 Å². The molecule has 2 fully saturated rings. The Labute approximate surface area is 125 Å². The molecule has 2 atom stereocenters. The van der Waals surface area contributed by atoms with Crippen molar-refractivity contribution >= 4 is 11.8 Å². The maximum atomic E-state index is 13.5. The van der Waals surface area contributed by atoms with E-state index in [1.807, 2.05) is 17.8 Å². The summed E-state index contributed by atoms with van der Waals surface area (Å²) in [5, 5.41) is 4.22. The Balaban J connectivity index is 1.66. The number of halogens is 1. The molecule has 0 radical (unpaired) electrons. The van der Waals surface area contributed by atoms with Crippen molar-refractivity contribution in [3.8, 4) is 0 Å². The Kier molecular flexibility index (Phi) is 4.67. The van der Waals surface area contributed by atoms with E-state index in [2.05, 4.69) is 12.2 Å². The third kappa shape index (κ3) is 3.98. The van der Waals surface area contributed by atoms with Crippen LogP contribution in [0.4, 0.5) is 4.39 Å². The van der Waals surface area contributed by atoms with Crippen LogP contribution in [0.2, 0.25) is 0 Å². The van der Waals surface area contributed by atoms with Gasteiger partial charge in [-0.05, 0) is 55.4 Å². The summed E-state index contributed by atoms with van der Waals surface area (Å²) in [5.41, 5.74) is 1.14. The molecular formula is C17H24FNS. The van der Waals surface area contributed by atoms with E-state index in [1.165, 1.54) is 43.4 Å². The lowest BCUT2D eigenvalue weighted by molar-refractivity contribution is 0.394. The topological polar surface area (TPSA) is 12.0 Å². The SMILES string of the molecule is CC1CCCC(Sc2ccc(F)cc2CNC2CC2)C1. The molecule has 2 aliphatic carbocycles. The molecule has 0 amide bonds. The van der Waals surface area contributed by atoms with Crippen molar-refractivity contribution in [3.05, 3.63) is 29.6 Å². The van der Waals surface area contributed by atoms with Gasteiger partial charge in [-0.2, -0.15) is 0 Å². The highest BCUT2D eigenvalue weighted by Crippen LogP contribution is 2.37. The van der Waals surface area contributed by atoms with E-state index in [9.17, 15) is 4.39 Å². The Morgan fingerprint density at radius 3 is 2.85 bits per heavy atom. The molecule has 1 aromatic carbocycles. The first-order valence-electron chi connectivity index (χ1n) is 7.89. The molecule has 0 saturated heterocycles. The summed E-state index contributed by atoms with van der Waals surface area (Å²) in [7, 11) is 0. The molecule has 1 nitrogen and oxygen atoms in total. The van der Waals surface area contributed by atoms with Gasteiger partial charge in [0.05, 0.1) is 0 Å². The predicted octanol–water partition coefficient (Wildman–Crippen LogP) is 4.75. The quantitative estimate of drug-likeness (QED) is 0.841. The van der Waals surface area contributed by atoms with Crippen molar-refractivity contribution in [1.29, 1.82) is 0 Å². The largest absolute Gasteiger partial charge is 0.310 e. The van der Waals surface area contributed by atoms with E-state index in [4.69, 9.17) is 0 Å². The van der Waals surface area contributed by atoms with Crippen LogP contribution in [0.25, 0.3) is 0 Å². The van der Waals surface area contributed by atoms with Gasteiger partial charge < -0.3 is 5.32 Å². The first-order chi connectivity index (χ1) is 9.70. The Morgan fingerprint density at radius 1 is 1.25 bits per heavy atom. The molecule has 20 heavy (non-hydrogen) atoms. The van der Waals surface area contributed by atoms with Crippen LogP contribution in [0, 0.1) is 11.7 Å². The summed E-state index contributed by atoms with van der Waals surface area (Å²) in [6.07, 6.45) is 7.88. The molecule has 110 valence electrons. The van der Waals surface area contributed by atoms with E-state index in [1.54, 1.807) is 12.1 Å². The second kappa shape index (κ2) is 6.48. The highest BCUT2D eigenvalue weighted by atomic mass is 32.2. The lowest BCUT2D eigenvalue weighted by atomic mass is 9.91. The van der Waals surface area contributed by atoms with Crippen molar-refractivity contribution in [2.45, 2.75) is 68.2 Å². The molecule has 1 N–H and O–H groups in total. The summed E-state index contributed by atoms with van der Waals surface area (Å²) in [4.78, 5) is 1.28. The zero-order valence-electron chi connectivity index (χ0n) is 12.2. The first-order valence-corrected chi connectivity index (χ1v) is 8.77. The van der Waals surface area contributed by atoms with Crippen molar-refractivity contribution < 1.29 is 4.39 Å². The van der Waals surface area contributed by atoms with E-state index in [-0.39, 0.29) is 5.82 Å². The maximum absolute atomic E-state index is 13.5. The van der Waals surface area contributed by atoms with Crippen LogP contribution in [-0.2, 0) is 6.54 Å². The highest BCUT2D eigenvalue weighted by molar-refractivity contribution is 8.00. The first kappa shape index (κ1) is 14.4. The van der Waals surface area contributed by atoms with E-state index < -0.39 is 0 Å². The minimum atomic E-state index is -0.112. The molecule has 2 saturated carbocycles. The van der Waals surface area contributed by atoms with Gasteiger partial charge >= 0.3 is 0 Å². The van der Waals surface area contributed by atoms with Gasteiger partial charge in [-0.25, -0.2) is 4.39 Å². The van der Waals surface area contributed by atoms with E-state index >= 15 is 0 Å². The van der Waals surface area contributed by atoms with Crippen molar-refractivity contribution in [2.75, 3.05) is 0 Å². The highest BCUT2D eigenvalue weighted by Gasteiger charge is 2.23. The fourth-order valence-electron chi connectivity index (χ4n) is 3.01. The van der Waals surface area contributed by atoms with Crippen LogP contribution in [0.1, 0.15) is 51.0 Å². The van der Waals surface area contributed by atoms with Crippen LogP contribution in [0.15, 0.2) is 23.1 Å². The fourth-order valence-corrected chi connectivity index (χ4v) is 4.51. The number of nitrogens with one attached hydrogen (secondary N) is 1. The number of thioether (sulfide) groups is 1. The van der Waals surface area contributed by atoms with Gasteiger partial charge in [-0.1, -0.05) is 19.8 Å². The number of hydrogen-bond acceptors (Lipinski definition) is 2. The third-order valence-corrected chi connectivity index (χ3v) is 5.78. The van der Waals surface area contributed by atoms with Crippen LogP contribution < -0.4 is 5.32 Å². The van der Waals surface area contributed by atoms with Crippen molar-refractivity contribution in [3.63, 3.8) is 0 Å². The van der Waals surface area contributed by atoms with Crippen LogP contribution in [0.5, 0.6) is 0 Å². The average Bonchev–Trinajstić information content (AvgIpc) is 3.23. The second-order valence-corrected chi connectivity index (χ2v) is 7.76. The van der Waals surface area contributed by atoms with Gasteiger partial charge in [0.1, 0.15) is 5.82 Å². The van der Waals surface area contributed by atoms with Crippen molar-refractivity contribution in [2.24, 2.45) is 5.92 Å². The third-order valence-electron chi connectivity index (χ3n) is 4.36. The van der Waals surface area contributed by atoms with Gasteiger partial charge in [0.15, 0.2) is 0 Å². The summed E-state index contributed by atoms with van der Waals surface area (Å²) in [6, 6.07) is 5.97. The minimum Gasteiger partial charge on any atom is -0.310 e. The standard InChI is InChI=1S/C17H24FNS/c1-12-3-2-4-16(9-12)20-17-8-5-14(18)10-13(17)11-19-15-6-7-15/h5,8,10,12,15-16,19H,2-4,6-7,9,11H2,1H3. The summed E-state index contributed by atoms with van der Waals surface area (Å²) >= 11 is 1.97. The van der Waals surface area contributed by atoms with Crippen LogP contribution in [0.3, 0.4) is 0 Å². The summed E-state index contributed by atoms with van der Waals surface area (Å²) in [5.74, 6) is 0.730. The predicted molar refractivity (Wildman–Crippen MR) is 83.5 cm³/mol. The Morgan fingerprint density at radius 2 is 2.10 bits per heavy atom. The lowest BCUT2D eigenvalue weighted by Crippen LogP contribution is -2.18. The molecule has 0 bridgehead atoms. The summed E-state index contributed by atoms with van der Waals surface area (Å²) in [6.45, 7) is 3.17. The molecule has 3 heteroatoms. The summed E-state index contributed by atoms with van der Waals surface area (Å²) < 4.78 is 13.5.